The molecule has 41 heavy (non-hydrogen) atoms. The molecule has 1 aliphatic heterocycles. The van der Waals surface area contributed by atoms with Crippen molar-refractivity contribution in [3.05, 3.63) is 136 Å². The third-order valence-electron chi connectivity index (χ3n) is 7.22. The number of rotatable bonds is 7. The van der Waals surface area contributed by atoms with Gasteiger partial charge in [-0.05, 0) is 85.1 Å². The van der Waals surface area contributed by atoms with Crippen LogP contribution in [0.5, 0.6) is 5.75 Å². The lowest BCUT2D eigenvalue weighted by Gasteiger charge is -2.43. The fourth-order valence-corrected chi connectivity index (χ4v) is 5.21. The minimum absolute atomic E-state index is 0.0130. The summed E-state index contributed by atoms with van der Waals surface area (Å²) in [6.45, 7) is 1.99. The molecule has 1 heterocycles. The molecular formula is C33H29N3O5. The lowest BCUT2D eigenvalue weighted by atomic mass is 9.89. The highest BCUT2D eigenvalue weighted by molar-refractivity contribution is 6.08. The van der Waals surface area contributed by atoms with E-state index < -0.39 is 4.92 Å². The standard InChI is InChI=1S/C33H29N3O5/c1-23-22-31(29-10-6-7-11-30(29)34(23)33(38)25-15-19-28(41-2)20-16-25)35(26-8-4-3-5-9-26)32(37)21-14-24-12-17-27(18-13-24)36(39)40/h3-21,23,31H,22H2,1-2H3/b21-14+/t23-,31+/m1/s1. The van der Waals surface area contributed by atoms with E-state index in [1.54, 1.807) is 59.4 Å². The Bertz CT molecular complexity index is 1580. The normalized spacial score (nSPS) is 16.2. The molecule has 0 bridgehead atoms. The Morgan fingerprint density at radius 1 is 0.927 bits per heavy atom. The van der Waals surface area contributed by atoms with E-state index in [9.17, 15) is 19.7 Å². The minimum atomic E-state index is -0.458. The van der Waals surface area contributed by atoms with Gasteiger partial charge in [0.05, 0.1) is 18.1 Å². The molecule has 206 valence electrons. The SMILES string of the molecule is COc1ccc(C(=O)N2c3ccccc3[C@@H](N(C(=O)/C=C/c3ccc([N+](=O)[O-])cc3)c3ccccc3)C[C@H]2C)cc1. The number of ether oxygens (including phenoxy) is 1. The Labute approximate surface area is 238 Å². The number of nitro benzene ring substituents is 1. The van der Waals surface area contributed by atoms with Crippen LogP contribution in [0.3, 0.4) is 0 Å². The summed E-state index contributed by atoms with van der Waals surface area (Å²) in [5, 5.41) is 11.0. The van der Waals surface area contributed by atoms with Crippen molar-refractivity contribution in [3.8, 4) is 5.75 Å². The zero-order chi connectivity index (χ0) is 28.9. The molecule has 0 fully saturated rings. The van der Waals surface area contributed by atoms with Gasteiger partial charge >= 0.3 is 0 Å². The third-order valence-corrected chi connectivity index (χ3v) is 7.22. The highest BCUT2D eigenvalue weighted by Gasteiger charge is 2.38. The molecule has 4 aromatic carbocycles. The van der Waals surface area contributed by atoms with Crippen molar-refractivity contribution in [3.63, 3.8) is 0 Å². The van der Waals surface area contributed by atoms with E-state index in [0.717, 1.165) is 16.9 Å². The number of carbonyl (C=O) groups excluding carboxylic acids is 2. The van der Waals surface area contributed by atoms with Crippen molar-refractivity contribution in [1.82, 2.24) is 0 Å². The van der Waals surface area contributed by atoms with E-state index in [2.05, 4.69) is 0 Å². The van der Waals surface area contributed by atoms with Crippen LogP contribution in [0, 0.1) is 10.1 Å². The number of amides is 2. The molecule has 0 aliphatic carbocycles. The Kier molecular flexibility index (Phi) is 7.92. The molecule has 8 heteroatoms. The van der Waals surface area contributed by atoms with Crippen LogP contribution in [0.1, 0.15) is 40.9 Å². The van der Waals surface area contributed by atoms with Crippen molar-refractivity contribution in [2.75, 3.05) is 16.9 Å². The van der Waals surface area contributed by atoms with Gasteiger partial charge in [0, 0.05) is 41.2 Å². The Balaban J connectivity index is 1.50. The third kappa shape index (κ3) is 5.72. The van der Waals surface area contributed by atoms with E-state index in [1.807, 2.05) is 61.5 Å². The summed E-state index contributed by atoms with van der Waals surface area (Å²) in [5.74, 6) is 0.311. The fourth-order valence-electron chi connectivity index (χ4n) is 5.21. The molecule has 0 aromatic heterocycles. The average molecular weight is 548 g/mol. The summed E-state index contributed by atoms with van der Waals surface area (Å²) in [7, 11) is 1.58. The highest BCUT2D eigenvalue weighted by Crippen LogP contribution is 2.43. The van der Waals surface area contributed by atoms with Crippen molar-refractivity contribution in [2.24, 2.45) is 0 Å². The Morgan fingerprint density at radius 3 is 2.24 bits per heavy atom. The van der Waals surface area contributed by atoms with Crippen molar-refractivity contribution < 1.29 is 19.2 Å². The first-order valence-corrected chi connectivity index (χ1v) is 13.2. The fraction of sp³-hybridized carbons (Fsp3) is 0.152. The van der Waals surface area contributed by atoms with Crippen molar-refractivity contribution in [1.29, 1.82) is 0 Å². The van der Waals surface area contributed by atoms with E-state index in [-0.39, 0.29) is 29.6 Å². The lowest BCUT2D eigenvalue weighted by Crippen LogP contribution is -2.47. The van der Waals surface area contributed by atoms with Crippen LogP contribution in [0.25, 0.3) is 6.08 Å². The molecule has 0 spiro atoms. The van der Waals surface area contributed by atoms with Gasteiger partial charge in [-0.1, -0.05) is 36.4 Å². The summed E-state index contributed by atoms with van der Waals surface area (Å²) in [6.07, 6.45) is 3.65. The first kappa shape index (κ1) is 27.3. The van der Waals surface area contributed by atoms with Gasteiger partial charge in [0.1, 0.15) is 5.75 Å². The molecule has 0 radical (unpaired) electrons. The maximum atomic E-state index is 13.8. The number of anilines is 2. The molecule has 2 amide bonds. The molecule has 4 aromatic rings. The molecule has 0 saturated heterocycles. The summed E-state index contributed by atoms with van der Waals surface area (Å²) < 4.78 is 5.24. The topological polar surface area (TPSA) is 93.0 Å². The number of benzene rings is 4. The van der Waals surface area contributed by atoms with Crippen LogP contribution in [-0.2, 0) is 4.79 Å². The van der Waals surface area contributed by atoms with Gasteiger partial charge in [-0.25, -0.2) is 0 Å². The number of fused-ring (bicyclic) bond motifs is 1. The van der Waals surface area contributed by atoms with Gasteiger partial charge in [0.25, 0.3) is 17.5 Å². The van der Waals surface area contributed by atoms with Gasteiger partial charge in [-0.3, -0.25) is 19.7 Å². The van der Waals surface area contributed by atoms with Crippen LogP contribution in [0.15, 0.2) is 109 Å². The largest absolute Gasteiger partial charge is 0.497 e. The second-order valence-electron chi connectivity index (χ2n) is 9.79. The number of nitro groups is 1. The van der Waals surface area contributed by atoms with Crippen LogP contribution in [0.4, 0.5) is 17.1 Å². The summed E-state index contributed by atoms with van der Waals surface area (Å²) in [6, 6.07) is 29.7. The summed E-state index contributed by atoms with van der Waals surface area (Å²) in [5.41, 5.74) is 3.56. The molecule has 0 saturated carbocycles. The molecule has 2 atom stereocenters. The second kappa shape index (κ2) is 11.9. The smallest absolute Gasteiger partial charge is 0.269 e. The number of nitrogens with zero attached hydrogens (tertiary/aromatic N) is 3. The van der Waals surface area contributed by atoms with Crippen LogP contribution < -0.4 is 14.5 Å². The second-order valence-corrected chi connectivity index (χ2v) is 9.79. The molecule has 8 nitrogen and oxygen atoms in total. The van der Waals surface area contributed by atoms with Crippen LogP contribution in [0.2, 0.25) is 0 Å². The quantitative estimate of drug-likeness (QED) is 0.144. The summed E-state index contributed by atoms with van der Waals surface area (Å²) >= 11 is 0. The van der Waals surface area contributed by atoms with Gasteiger partial charge < -0.3 is 14.5 Å². The molecule has 0 unspecified atom stereocenters. The summed E-state index contributed by atoms with van der Waals surface area (Å²) in [4.78, 5) is 41.7. The number of carbonyl (C=O) groups is 2. The van der Waals surface area contributed by atoms with Gasteiger partial charge in [-0.15, -0.1) is 0 Å². The monoisotopic (exact) mass is 547 g/mol. The number of non-ortho nitro benzene ring substituents is 1. The van der Waals surface area contributed by atoms with Crippen molar-refractivity contribution in [2.45, 2.75) is 25.4 Å². The van der Waals surface area contributed by atoms with Gasteiger partial charge in [0.15, 0.2) is 0 Å². The molecule has 5 rings (SSSR count). The number of hydrogen-bond acceptors (Lipinski definition) is 5. The van der Waals surface area contributed by atoms with Gasteiger partial charge in [0.2, 0.25) is 0 Å². The number of hydrogen-bond donors (Lipinski definition) is 0. The maximum absolute atomic E-state index is 13.8. The van der Waals surface area contributed by atoms with E-state index in [1.165, 1.54) is 18.2 Å². The Morgan fingerprint density at radius 2 is 1.59 bits per heavy atom. The minimum Gasteiger partial charge on any atom is -0.497 e. The zero-order valence-electron chi connectivity index (χ0n) is 22.7. The first-order chi connectivity index (χ1) is 19.9. The molecule has 0 N–H and O–H groups in total. The predicted octanol–water partition coefficient (Wildman–Crippen LogP) is 6.83. The number of para-hydroxylation sites is 2. The van der Waals surface area contributed by atoms with E-state index in [4.69, 9.17) is 4.74 Å². The molecule has 1 aliphatic rings. The zero-order valence-corrected chi connectivity index (χ0v) is 22.7. The van der Waals surface area contributed by atoms with Gasteiger partial charge in [-0.2, -0.15) is 0 Å². The van der Waals surface area contributed by atoms with Crippen LogP contribution >= 0.6 is 0 Å². The average Bonchev–Trinajstić information content (AvgIpc) is 3.00. The predicted molar refractivity (Wildman–Crippen MR) is 159 cm³/mol. The highest BCUT2D eigenvalue weighted by atomic mass is 16.6. The maximum Gasteiger partial charge on any atom is 0.269 e. The van der Waals surface area contributed by atoms with Crippen molar-refractivity contribution >= 4 is 35.0 Å². The lowest BCUT2D eigenvalue weighted by molar-refractivity contribution is -0.384. The number of methoxy groups -OCH3 is 1. The van der Waals surface area contributed by atoms with E-state index >= 15 is 0 Å². The first-order valence-electron chi connectivity index (χ1n) is 13.2. The Hall–Kier alpha value is -5.24. The van der Waals surface area contributed by atoms with Crippen LogP contribution in [-0.4, -0.2) is 29.9 Å². The van der Waals surface area contributed by atoms with E-state index in [0.29, 0.717) is 23.3 Å². The molecular weight excluding hydrogens is 518 g/mol.